The van der Waals surface area contributed by atoms with Gasteiger partial charge in [-0.25, -0.2) is 4.98 Å². The van der Waals surface area contributed by atoms with Gasteiger partial charge in [0.15, 0.2) is 0 Å². The Morgan fingerprint density at radius 3 is 2.74 bits per heavy atom. The van der Waals surface area contributed by atoms with Gasteiger partial charge in [-0.05, 0) is 31.2 Å². The SMILES string of the molecule is c1ccc(C2CCCN2c2nc(C3CC3)ns2)cc1. The van der Waals surface area contributed by atoms with Gasteiger partial charge in [-0.2, -0.15) is 4.37 Å². The summed E-state index contributed by atoms with van der Waals surface area (Å²) in [6.07, 6.45) is 5.02. The lowest BCUT2D eigenvalue weighted by Gasteiger charge is -2.23. The van der Waals surface area contributed by atoms with Gasteiger partial charge in [0.1, 0.15) is 5.82 Å². The highest BCUT2D eigenvalue weighted by Gasteiger charge is 2.32. The Balaban J connectivity index is 1.61. The van der Waals surface area contributed by atoms with Crippen molar-refractivity contribution in [2.75, 3.05) is 11.4 Å². The van der Waals surface area contributed by atoms with Crippen molar-refractivity contribution in [2.24, 2.45) is 0 Å². The van der Waals surface area contributed by atoms with E-state index in [0.717, 1.165) is 17.5 Å². The average Bonchev–Trinajstić information content (AvgIpc) is 3.02. The molecule has 1 atom stereocenters. The van der Waals surface area contributed by atoms with Crippen LogP contribution in [0.15, 0.2) is 30.3 Å². The third-order valence-corrected chi connectivity index (χ3v) is 4.82. The molecule has 1 unspecified atom stereocenters. The third kappa shape index (κ3) is 2.14. The number of rotatable bonds is 3. The Morgan fingerprint density at radius 2 is 1.95 bits per heavy atom. The highest BCUT2D eigenvalue weighted by molar-refractivity contribution is 7.09. The molecule has 1 saturated heterocycles. The predicted molar refractivity (Wildman–Crippen MR) is 77.6 cm³/mol. The average molecular weight is 271 g/mol. The van der Waals surface area contributed by atoms with Crippen molar-refractivity contribution in [3.05, 3.63) is 41.7 Å². The van der Waals surface area contributed by atoms with Gasteiger partial charge in [0.05, 0.1) is 6.04 Å². The van der Waals surface area contributed by atoms with Gasteiger partial charge in [-0.15, -0.1) is 0 Å². The second-order valence-corrected chi connectivity index (χ2v) is 6.20. The maximum atomic E-state index is 4.76. The number of benzene rings is 1. The van der Waals surface area contributed by atoms with Gasteiger partial charge in [0, 0.05) is 24.0 Å². The van der Waals surface area contributed by atoms with Crippen molar-refractivity contribution in [2.45, 2.75) is 37.6 Å². The van der Waals surface area contributed by atoms with Crippen LogP contribution in [0.4, 0.5) is 5.13 Å². The normalized spacial score (nSPS) is 22.9. The molecule has 1 aromatic carbocycles. The van der Waals surface area contributed by atoms with Crippen LogP contribution in [0.25, 0.3) is 0 Å². The fraction of sp³-hybridized carbons (Fsp3) is 0.467. The first kappa shape index (κ1) is 11.4. The number of anilines is 1. The van der Waals surface area contributed by atoms with Crippen molar-refractivity contribution in [1.82, 2.24) is 9.36 Å². The minimum atomic E-state index is 0.487. The first-order valence-corrected chi connectivity index (χ1v) is 7.84. The van der Waals surface area contributed by atoms with Crippen LogP contribution in [-0.4, -0.2) is 15.9 Å². The van der Waals surface area contributed by atoms with Gasteiger partial charge in [-0.1, -0.05) is 30.3 Å². The molecule has 4 heteroatoms. The van der Waals surface area contributed by atoms with Gasteiger partial charge in [-0.3, -0.25) is 0 Å². The summed E-state index contributed by atoms with van der Waals surface area (Å²) in [6.45, 7) is 1.11. The minimum absolute atomic E-state index is 0.487. The minimum Gasteiger partial charge on any atom is -0.340 e. The number of hydrogen-bond acceptors (Lipinski definition) is 4. The molecule has 1 aromatic heterocycles. The molecular weight excluding hydrogens is 254 g/mol. The summed E-state index contributed by atoms with van der Waals surface area (Å²) in [5.41, 5.74) is 1.41. The van der Waals surface area contributed by atoms with Crippen LogP contribution in [0.5, 0.6) is 0 Å². The number of nitrogens with zero attached hydrogens (tertiary/aromatic N) is 3. The summed E-state index contributed by atoms with van der Waals surface area (Å²) >= 11 is 1.58. The molecule has 0 amide bonds. The van der Waals surface area contributed by atoms with Crippen molar-refractivity contribution in [3.8, 4) is 0 Å². The molecule has 1 aliphatic carbocycles. The van der Waals surface area contributed by atoms with Gasteiger partial charge < -0.3 is 4.90 Å². The Kier molecular flexibility index (Phi) is 2.76. The number of aromatic nitrogens is 2. The fourth-order valence-electron chi connectivity index (χ4n) is 2.87. The number of hydrogen-bond donors (Lipinski definition) is 0. The Labute approximate surface area is 117 Å². The maximum Gasteiger partial charge on any atom is 0.205 e. The molecular formula is C15H17N3S. The summed E-state index contributed by atoms with van der Waals surface area (Å²) in [4.78, 5) is 7.21. The van der Waals surface area contributed by atoms with Crippen LogP contribution in [0, 0.1) is 0 Å². The van der Waals surface area contributed by atoms with E-state index in [1.54, 1.807) is 11.5 Å². The Hall–Kier alpha value is -1.42. The van der Waals surface area contributed by atoms with Gasteiger partial charge in [0.2, 0.25) is 5.13 Å². The zero-order valence-electron chi connectivity index (χ0n) is 10.8. The van der Waals surface area contributed by atoms with E-state index in [1.165, 1.54) is 31.2 Å². The lowest BCUT2D eigenvalue weighted by molar-refractivity contribution is 0.716. The van der Waals surface area contributed by atoms with E-state index in [-0.39, 0.29) is 0 Å². The molecule has 1 saturated carbocycles. The molecule has 0 N–H and O–H groups in total. The first-order chi connectivity index (χ1) is 9.42. The van der Waals surface area contributed by atoms with E-state index < -0.39 is 0 Å². The molecule has 2 fully saturated rings. The molecule has 19 heavy (non-hydrogen) atoms. The van der Waals surface area contributed by atoms with E-state index in [2.05, 4.69) is 39.6 Å². The van der Waals surface area contributed by atoms with Crippen LogP contribution in [0.2, 0.25) is 0 Å². The van der Waals surface area contributed by atoms with E-state index in [9.17, 15) is 0 Å². The Bertz CT molecular complexity index is 562. The summed E-state index contributed by atoms with van der Waals surface area (Å²) in [5.74, 6) is 1.74. The topological polar surface area (TPSA) is 29.0 Å². The standard InChI is InChI=1S/C15H17N3S/c1-2-5-11(6-3-1)13-7-4-10-18(13)15-16-14(17-19-15)12-8-9-12/h1-3,5-6,12-13H,4,7-10H2. The van der Waals surface area contributed by atoms with Crippen molar-refractivity contribution in [3.63, 3.8) is 0 Å². The van der Waals surface area contributed by atoms with Crippen molar-refractivity contribution in [1.29, 1.82) is 0 Å². The fourth-order valence-corrected chi connectivity index (χ4v) is 3.69. The second-order valence-electron chi connectivity index (χ2n) is 5.47. The van der Waals surface area contributed by atoms with E-state index >= 15 is 0 Å². The largest absolute Gasteiger partial charge is 0.340 e. The summed E-state index contributed by atoms with van der Waals surface area (Å²) in [7, 11) is 0. The van der Waals surface area contributed by atoms with Crippen molar-refractivity contribution >= 4 is 16.7 Å². The molecule has 0 bridgehead atoms. The summed E-state index contributed by atoms with van der Waals surface area (Å²) in [6, 6.07) is 11.3. The molecule has 0 radical (unpaired) electrons. The van der Waals surface area contributed by atoms with E-state index in [1.807, 2.05) is 0 Å². The predicted octanol–water partition coefficient (Wildman–Crippen LogP) is 3.76. The molecule has 0 spiro atoms. The second kappa shape index (κ2) is 4.60. The van der Waals surface area contributed by atoms with Crippen molar-refractivity contribution < 1.29 is 0 Å². The van der Waals surface area contributed by atoms with Gasteiger partial charge >= 0.3 is 0 Å². The lowest BCUT2D eigenvalue weighted by atomic mass is 10.1. The quantitative estimate of drug-likeness (QED) is 0.851. The zero-order valence-corrected chi connectivity index (χ0v) is 11.6. The summed E-state index contributed by atoms with van der Waals surface area (Å²) < 4.78 is 4.54. The van der Waals surface area contributed by atoms with Gasteiger partial charge in [0.25, 0.3) is 0 Å². The van der Waals surface area contributed by atoms with Crippen LogP contribution in [0.3, 0.4) is 0 Å². The molecule has 98 valence electrons. The maximum absolute atomic E-state index is 4.76. The van der Waals surface area contributed by atoms with E-state index in [4.69, 9.17) is 4.98 Å². The Morgan fingerprint density at radius 1 is 1.11 bits per heavy atom. The highest BCUT2D eigenvalue weighted by atomic mass is 32.1. The zero-order chi connectivity index (χ0) is 12.7. The molecule has 2 aromatic rings. The monoisotopic (exact) mass is 271 g/mol. The highest BCUT2D eigenvalue weighted by Crippen LogP contribution is 2.42. The molecule has 4 rings (SSSR count). The third-order valence-electron chi connectivity index (χ3n) is 4.06. The van der Waals surface area contributed by atoms with Crippen LogP contribution >= 0.6 is 11.5 Å². The van der Waals surface area contributed by atoms with Crippen LogP contribution in [-0.2, 0) is 0 Å². The molecule has 3 nitrogen and oxygen atoms in total. The van der Waals surface area contributed by atoms with E-state index in [0.29, 0.717) is 12.0 Å². The van der Waals surface area contributed by atoms with Crippen LogP contribution < -0.4 is 4.90 Å². The smallest absolute Gasteiger partial charge is 0.205 e. The molecule has 2 aliphatic rings. The first-order valence-electron chi connectivity index (χ1n) is 7.07. The summed E-state index contributed by atoms with van der Waals surface area (Å²) in [5, 5.41) is 1.12. The molecule has 1 aliphatic heterocycles. The lowest BCUT2D eigenvalue weighted by Crippen LogP contribution is -2.22. The van der Waals surface area contributed by atoms with Crippen LogP contribution in [0.1, 0.15) is 49.0 Å². The molecule has 2 heterocycles.